The van der Waals surface area contributed by atoms with Gasteiger partial charge in [-0.25, -0.2) is 0 Å². The Kier molecular flexibility index (Phi) is 2.25. The number of H-pyrrole nitrogens is 1. The van der Waals surface area contributed by atoms with Gasteiger partial charge in [0.25, 0.3) is 0 Å². The predicted molar refractivity (Wildman–Crippen MR) is 67.2 cm³/mol. The van der Waals surface area contributed by atoms with Crippen LogP contribution in [0.15, 0.2) is 30.5 Å². The Balaban J connectivity index is 2.03. The number of hydrogen-bond donors (Lipinski definition) is 2. The Hall–Kier alpha value is -1.28. The van der Waals surface area contributed by atoms with E-state index in [9.17, 15) is 0 Å². The quantitative estimate of drug-likeness (QED) is 0.751. The van der Waals surface area contributed by atoms with E-state index in [0.717, 1.165) is 12.8 Å². The third-order valence-corrected chi connectivity index (χ3v) is 3.87. The smallest absolute Gasteiger partial charge is 0.0454 e. The zero-order valence-electron chi connectivity index (χ0n) is 9.50. The molecule has 1 saturated carbocycles. The molecule has 0 atom stereocenters. The number of nitrogens with one attached hydrogen (secondary N) is 1. The maximum atomic E-state index is 6.53. The number of aromatic amines is 1. The minimum Gasteiger partial charge on any atom is -0.361 e. The lowest BCUT2D eigenvalue weighted by atomic mass is 9.77. The van der Waals surface area contributed by atoms with Gasteiger partial charge in [-0.15, -0.1) is 0 Å². The lowest BCUT2D eigenvalue weighted by Crippen LogP contribution is -2.38. The Bertz CT molecular complexity index is 492. The standard InChI is InChI=1S/C14H18N2/c15-14(7-2-1-3-8-14)12-4-5-13-11(10-12)6-9-16-13/h4-6,9-10,16H,1-3,7-8,15H2. The van der Waals surface area contributed by atoms with Crippen molar-refractivity contribution in [2.75, 3.05) is 0 Å². The Morgan fingerprint density at radius 2 is 1.88 bits per heavy atom. The number of nitrogens with two attached hydrogens (primary N) is 1. The Morgan fingerprint density at radius 1 is 1.06 bits per heavy atom. The van der Waals surface area contributed by atoms with Crippen LogP contribution in [0.4, 0.5) is 0 Å². The largest absolute Gasteiger partial charge is 0.361 e. The topological polar surface area (TPSA) is 41.8 Å². The summed E-state index contributed by atoms with van der Waals surface area (Å²) in [5, 5.41) is 1.27. The molecule has 1 aromatic carbocycles. The van der Waals surface area contributed by atoms with Crippen molar-refractivity contribution in [3.8, 4) is 0 Å². The fourth-order valence-electron chi connectivity index (χ4n) is 2.83. The van der Waals surface area contributed by atoms with Crippen LogP contribution in [0.25, 0.3) is 10.9 Å². The average molecular weight is 214 g/mol. The molecule has 1 fully saturated rings. The molecule has 1 heterocycles. The van der Waals surface area contributed by atoms with Crippen LogP contribution in [-0.4, -0.2) is 4.98 Å². The monoisotopic (exact) mass is 214 g/mol. The van der Waals surface area contributed by atoms with Crippen LogP contribution in [0.3, 0.4) is 0 Å². The molecule has 0 aliphatic heterocycles. The third-order valence-electron chi connectivity index (χ3n) is 3.87. The van der Waals surface area contributed by atoms with Crippen LogP contribution >= 0.6 is 0 Å². The van der Waals surface area contributed by atoms with Crippen molar-refractivity contribution in [3.05, 3.63) is 36.0 Å². The van der Waals surface area contributed by atoms with Gasteiger partial charge in [-0.1, -0.05) is 25.3 Å². The van der Waals surface area contributed by atoms with E-state index in [4.69, 9.17) is 5.73 Å². The van der Waals surface area contributed by atoms with Crippen molar-refractivity contribution in [3.63, 3.8) is 0 Å². The summed E-state index contributed by atoms with van der Waals surface area (Å²) in [4.78, 5) is 3.22. The molecule has 0 bridgehead atoms. The highest BCUT2D eigenvalue weighted by atomic mass is 14.7. The Labute approximate surface area is 95.8 Å². The lowest BCUT2D eigenvalue weighted by Gasteiger charge is -2.34. The molecule has 84 valence electrons. The minimum absolute atomic E-state index is 0.0797. The van der Waals surface area contributed by atoms with Crippen LogP contribution in [0.2, 0.25) is 0 Å². The molecule has 2 nitrogen and oxygen atoms in total. The first-order valence-corrected chi connectivity index (χ1v) is 6.14. The van der Waals surface area contributed by atoms with Crippen molar-refractivity contribution in [1.29, 1.82) is 0 Å². The zero-order chi connectivity index (χ0) is 11.0. The molecular formula is C14H18N2. The van der Waals surface area contributed by atoms with Gasteiger partial charge < -0.3 is 10.7 Å². The minimum atomic E-state index is -0.0797. The second kappa shape index (κ2) is 3.63. The normalized spacial score (nSPS) is 20.1. The van der Waals surface area contributed by atoms with Gasteiger partial charge in [-0.3, -0.25) is 0 Å². The highest BCUT2D eigenvalue weighted by Crippen LogP contribution is 2.35. The zero-order valence-corrected chi connectivity index (χ0v) is 9.50. The van der Waals surface area contributed by atoms with Crippen LogP contribution in [-0.2, 0) is 5.54 Å². The van der Waals surface area contributed by atoms with E-state index in [1.165, 1.54) is 35.7 Å². The Morgan fingerprint density at radius 3 is 2.69 bits per heavy atom. The van der Waals surface area contributed by atoms with E-state index in [1.54, 1.807) is 0 Å². The molecule has 2 heteroatoms. The number of hydrogen-bond acceptors (Lipinski definition) is 1. The molecule has 1 aromatic heterocycles. The first-order valence-electron chi connectivity index (χ1n) is 6.14. The maximum absolute atomic E-state index is 6.53. The van der Waals surface area contributed by atoms with Gasteiger partial charge in [0, 0.05) is 17.3 Å². The molecule has 0 amide bonds. The van der Waals surface area contributed by atoms with Crippen LogP contribution in [0.1, 0.15) is 37.7 Å². The van der Waals surface area contributed by atoms with Gasteiger partial charge in [0.2, 0.25) is 0 Å². The summed E-state index contributed by atoms with van der Waals surface area (Å²) in [6, 6.07) is 8.69. The summed E-state index contributed by atoms with van der Waals surface area (Å²) in [5.41, 5.74) is 8.95. The summed E-state index contributed by atoms with van der Waals surface area (Å²) in [6.45, 7) is 0. The number of rotatable bonds is 1. The predicted octanol–water partition coefficient (Wildman–Crippen LogP) is 3.29. The van der Waals surface area contributed by atoms with Crippen molar-refractivity contribution in [2.45, 2.75) is 37.6 Å². The molecule has 1 aliphatic rings. The van der Waals surface area contributed by atoms with Gasteiger partial charge in [0.05, 0.1) is 0 Å². The molecule has 16 heavy (non-hydrogen) atoms. The summed E-state index contributed by atoms with van der Waals surface area (Å²) < 4.78 is 0. The number of fused-ring (bicyclic) bond motifs is 1. The van der Waals surface area contributed by atoms with Crippen molar-refractivity contribution in [1.82, 2.24) is 4.98 Å². The summed E-state index contributed by atoms with van der Waals surface area (Å²) in [6.07, 6.45) is 8.11. The first-order chi connectivity index (χ1) is 7.78. The maximum Gasteiger partial charge on any atom is 0.0454 e. The van der Waals surface area contributed by atoms with E-state index >= 15 is 0 Å². The van der Waals surface area contributed by atoms with Crippen LogP contribution < -0.4 is 5.73 Å². The highest BCUT2D eigenvalue weighted by Gasteiger charge is 2.29. The second-order valence-electron chi connectivity index (χ2n) is 5.00. The van der Waals surface area contributed by atoms with Gasteiger partial charge in [-0.05, 0) is 42.0 Å². The molecular weight excluding hydrogens is 196 g/mol. The van der Waals surface area contributed by atoms with Crippen molar-refractivity contribution >= 4 is 10.9 Å². The average Bonchev–Trinajstić information content (AvgIpc) is 2.77. The fourth-order valence-corrected chi connectivity index (χ4v) is 2.83. The van der Waals surface area contributed by atoms with Gasteiger partial charge >= 0.3 is 0 Å². The van der Waals surface area contributed by atoms with E-state index in [1.807, 2.05) is 6.20 Å². The molecule has 0 saturated heterocycles. The van der Waals surface area contributed by atoms with E-state index in [2.05, 4.69) is 29.2 Å². The summed E-state index contributed by atoms with van der Waals surface area (Å²) in [5.74, 6) is 0. The lowest BCUT2D eigenvalue weighted by molar-refractivity contribution is 0.302. The van der Waals surface area contributed by atoms with E-state index in [0.29, 0.717) is 0 Å². The third kappa shape index (κ3) is 1.54. The highest BCUT2D eigenvalue weighted by molar-refractivity contribution is 5.80. The van der Waals surface area contributed by atoms with Crippen LogP contribution in [0.5, 0.6) is 0 Å². The molecule has 0 radical (unpaired) electrons. The SMILES string of the molecule is NC1(c2ccc3[nH]ccc3c2)CCCCC1. The van der Waals surface area contributed by atoms with Gasteiger partial charge in [0.15, 0.2) is 0 Å². The fraction of sp³-hybridized carbons (Fsp3) is 0.429. The summed E-state index contributed by atoms with van der Waals surface area (Å²) in [7, 11) is 0. The molecule has 3 rings (SSSR count). The molecule has 0 spiro atoms. The van der Waals surface area contributed by atoms with Gasteiger partial charge in [0.1, 0.15) is 0 Å². The summed E-state index contributed by atoms with van der Waals surface area (Å²) >= 11 is 0. The number of benzene rings is 1. The van der Waals surface area contributed by atoms with Crippen molar-refractivity contribution < 1.29 is 0 Å². The second-order valence-corrected chi connectivity index (χ2v) is 5.00. The van der Waals surface area contributed by atoms with Gasteiger partial charge in [-0.2, -0.15) is 0 Å². The molecule has 0 unspecified atom stereocenters. The van der Waals surface area contributed by atoms with E-state index < -0.39 is 0 Å². The van der Waals surface area contributed by atoms with Crippen molar-refractivity contribution in [2.24, 2.45) is 5.73 Å². The van der Waals surface area contributed by atoms with E-state index in [-0.39, 0.29) is 5.54 Å². The number of aromatic nitrogens is 1. The molecule has 3 N–H and O–H groups in total. The molecule has 1 aliphatic carbocycles. The first kappa shape index (κ1) is 9.91. The van der Waals surface area contributed by atoms with Crippen LogP contribution in [0, 0.1) is 0 Å². The molecule has 2 aromatic rings.